The van der Waals surface area contributed by atoms with Crippen LogP contribution >= 0.6 is 0 Å². The van der Waals surface area contributed by atoms with Crippen LogP contribution in [0.4, 0.5) is 4.79 Å². The molecule has 1 saturated heterocycles. The van der Waals surface area contributed by atoms with Crippen molar-refractivity contribution >= 4 is 6.03 Å². The fourth-order valence-corrected chi connectivity index (χ4v) is 2.53. The first-order valence-corrected chi connectivity index (χ1v) is 6.42. The molecule has 0 saturated carbocycles. The largest absolute Gasteiger partial charge is 0.388 e. The second kappa shape index (κ2) is 5.87. The molecule has 1 aliphatic heterocycles. The Hall–Kier alpha value is -1.55. The number of nitrogens with zero attached hydrogens (tertiary/aromatic N) is 1. The van der Waals surface area contributed by atoms with E-state index in [-0.39, 0.29) is 11.9 Å². The van der Waals surface area contributed by atoms with E-state index in [2.05, 4.69) is 5.32 Å². The molecule has 18 heavy (non-hydrogen) atoms. The van der Waals surface area contributed by atoms with Gasteiger partial charge in [-0.2, -0.15) is 0 Å². The Bertz CT molecular complexity index is 394. The van der Waals surface area contributed by atoms with Crippen molar-refractivity contribution in [1.82, 2.24) is 10.2 Å². The van der Waals surface area contributed by atoms with E-state index in [4.69, 9.17) is 0 Å². The van der Waals surface area contributed by atoms with Crippen molar-refractivity contribution < 1.29 is 9.90 Å². The van der Waals surface area contributed by atoms with Gasteiger partial charge < -0.3 is 15.3 Å². The number of hydrogen-bond donors (Lipinski definition) is 2. The number of benzene rings is 1. The van der Waals surface area contributed by atoms with Crippen LogP contribution in [-0.4, -0.2) is 36.2 Å². The predicted molar refractivity (Wildman–Crippen MR) is 70.2 cm³/mol. The SMILES string of the molecule is CNC(=O)N1CCCC(C(O)c2ccccc2)C1. The number of piperidine rings is 1. The zero-order valence-corrected chi connectivity index (χ0v) is 10.7. The molecule has 1 heterocycles. The molecule has 1 fully saturated rings. The summed E-state index contributed by atoms with van der Waals surface area (Å²) < 4.78 is 0. The summed E-state index contributed by atoms with van der Waals surface area (Å²) in [5, 5.41) is 13.0. The van der Waals surface area contributed by atoms with Crippen LogP contribution < -0.4 is 5.32 Å². The number of amides is 2. The Kier molecular flexibility index (Phi) is 4.20. The first-order chi connectivity index (χ1) is 8.72. The molecular weight excluding hydrogens is 228 g/mol. The quantitative estimate of drug-likeness (QED) is 0.838. The Morgan fingerprint density at radius 2 is 2.17 bits per heavy atom. The van der Waals surface area contributed by atoms with Gasteiger partial charge in [-0.3, -0.25) is 0 Å². The van der Waals surface area contributed by atoms with Gasteiger partial charge in [-0.1, -0.05) is 30.3 Å². The molecule has 0 radical (unpaired) electrons. The van der Waals surface area contributed by atoms with E-state index in [0.717, 1.165) is 24.9 Å². The van der Waals surface area contributed by atoms with Crippen LogP contribution in [0.15, 0.2) is 30.3 Å². The standard InChI is InChI=1S/C14H20N2O2/c1-15-14(18)16-9-5-8-12(10-16)13(17)11-6-3-2-4-7-11/h2-4,6-7,12-13,17H,5,8-10H2,1H3,(H,15,18). The molecule has 2 N–H and O–H groups in total. The first-order valence-electron chi connectivity index (χ1n) is 6.42. The molecule has 1 aromatic carbocycles. The van der Waals surface area contributed by atoms with Crippen molar-refractivity contribution in [3.8, 4) is 0 Å². The van der Waals surface area contributed by atoms with Crippen molar-refractivity contribution in [2.75, 3.05) is 20.1 Å². The fraction of sp³-hybridized carbons (Fsp3) is 0.500. The maximum absolute atomic E-state index is 11.6. The third-order valence-electron chi connectivity index (χ3n) is 3.55. The van der Waals surface area contributed by atoms with Gasteiger partial charge in [0.1, 0.15) is 0 Å². The van der Waals surface area contributed by atoms with Gasteiger partial charge >= 0.3 is 6.03 Å². The molecule has 0 bridgehead atoms. The fourth-order valence-electron chi connectivity index (χ4n) is 2.53. The summed E-state index contributed by atoms with van der Waals surface area (Å²) in [5.41, 5.74) is 0.932. The number of likely N-dealkylation sites (tertiary alicyclic amines) is 1. The predicted octanol–water partition coefficient (Wildman–Crippen LogP) is 1.77. The van der Waals surface area contributed by atoms with Gasteiger partial charge in [0.15, 0.2) is 0 Å². The van der Waals surface area contributed by atoms with E-state index >= 15 is 0 Å². The molecule has 2 unspecified atom stereocenters. The smallest absolute Gasteiger partial charge is 0.317 e. The summed E-state index contributed by atoms with van der Waals surface area (Å²) in [5.74, 6) is 0.124. The second-order valence-corrected chi connectivity index (χ2v) is 4.76. The van der Waals surface area contributed by atoms with Crippen molar-refractivity contribution in [3.05, 3.63) is 35.9 Å². The second-order valence-electron chi connectivity index (χ2n) is 4.76. The monoisotopic (exact) mass is 248 g/mol. The summed E-state index contributed by atoms with van der Waals surface area (Å²) in [7, 11) is 1.64. The van der Waals surface area contributed by atoms with Gasteiger partial charge in [0.05, 0.1) is 6.10 Å². The normalized spacial score (nSPS) is 21.4. The molecule has 1 aliphatic rings. The molecule has 4 heteroatoms. The van der Waals surface area contributed by atoms with E-state index < -0.39 is 6.10 Å². The lowest BCUT2D eigenvalue weighted by atomic mass is 9.89. The van der Waals surface area contributed by atoms with Gasteiger partial charge in [0.25, 0.3) is 0 Å². The highest BCUT2D eigenvalue weighted by Gasteiger charge is 2.28. The Morgan fingerprint density at radius 1 is 1.44 bits per heavy atom. The summed E-state index contributed by atoms with van der Waals surface area (Å²) in [4.78, 5) is 13.4. The van der Waals surface area contributed by atoms with Gasteiger partial charge in [0, 0.05) is 26.1 Å². The van der Waals surface area contributed by atoms with Gasteiger partial charge in [0.2, 0.25) is 0 Å². The van der Waals surface area contributed by atoms with E-state index in [9.17, 15) is 9.90 Å². The lowest BCUT2D eigenvalue weighted by molar-refractivity contribution is 0.0613. The van der Waals surface area contributed by atoms with Crippen LogP contribution in [0.2, 0.25) is 0 Å². The Balaban J connectivity index is 2.03. The van der Waals surface area contributed by atoms with E-state index in [1.165, 1.54) is 0 Å². The number of hydrogen-bond acceptors (Lipinski definition) is 2. The van der Waals surface area contributed by atoms with Crippen LogP contribution in [0.3, 0.4) is 0 Å². The van der Waals surface area contributed by atoms with Crippen molar-refractivity contribution in [1.29, 1.82) is 0 Å². The Labute approximate surface area is 108 Å². The number of aliphatic hydroxyl groups excluding tert-OH is 1. The van der Waals surface area contributed by atoms with Gasteiger partial charge in [-0.15, -0.1) is 0 Å². The highest BCUT2D eigenvalue weighted by molar-refractivity contribution is 5.73. The molecule has 0 aliphatic carbocycles. The third-order valence-corrected chi connectivity index (χ3v) is 3.55. The first kappa shape index (κ1) is 12.9. The zero-order chi connectivity index (χ0) is 13.0. The molecule has 0 spiro atoms. The lowest BCUT2D eigenvalue weighted by Crippen LogP contribution is -2.45. The highest BCUT2D eigenvalue weighted by Crippen LogP contribution is 2.29. The zero-order valence-electron chi connectivity index (χ0n) is 10.7. The van der Waals surface area contributed by atoms with E-state index in [0.29, 0.717) is 6.54 Å². The molecule has 98 valence electrons. The molecule has 2 amide bonds. The minimum atomic E-state index is -0.487. The van der Waals surface area contributed by atoms with E-state index in [1.807, 2.05) is 30.3 Å². The van der Waals surface area contributed by atoms with E-state index in [1.54, 1.807) is 11.9 Å². The minimum Gasteiger partial charge on any atom is -0.388 e. The molecule has 2 atom stereocenters. The van der Waals surface area contributed by atoms with Gasteiger partial charge in [-0.25, -0.2) is 4.79 Å². The number of carbonyl (C=O) groups excluding carboxylic acids is 1. The van der Waals surface area contributed by atoms with Crippen LogP contribution in [0.1, 0.15) is 24.5 Å². The van der Waals surface area contributed by atoms with Crippen molar-refractivity contribution in [3.63, 3.8) is 0 Å². The molecular formula is C14H20N2O2. The number of urea groups is 1. The molecule has 1 aromatic rings. The average molecular weight is 248 g/mol. The number of aliphatic hydroxyl groups is 1. The van der Waals surface area contributed by atoms with Crippen LogP contribution in [-0.2, 0) is 0 Å². The van der Waals surface area contributed by atoms with Crippen LogP contribution in [0, 0.1) is 5.92 Å². The van der Waals surface area contributed by atoms with Crippen LogP contribution in [0.5, 0.6) is 0 Å². The maximum Gasteiger partial charge on any atom is 0.317 e. The number of carbonyl (C=O) groups is 1. The minimum absolute atomic E-state index is 0.0556. The van der Waals surface area contributed by atoms with Crippen molar-refractivity contribution in [2.24, 2.45) is 5.92 Å². The van der Waals surface area contributed by atoms with Gasteiger partial charge in [-0.05, 0) is 18.4 Å². The summed E-state index contributed by atoms with van der Waals surface area (Å²) in [6.45, 7) is 1.40. The van der Waals surface area contributed by atoms with Crippen molar-refractivity contribution in [2.45, 2.75) is 18.9 Å². The summed E-state index contributed by atoms with van der Waals surface area (Å²) in [6.07, 6.45) is 1.42. The molecule has 4 nitrogen and oxygen atoms in total. The van der Waals surface area contributed by atoms with Crippen LogP contribution in [0.25, 0.3) is 0 Å². The molecule has 0 aromatic heterocycles. The summed E-state index contributed by atoms with van der Waals surface area (Å²) >= 11 is 0. The molecule has 2 rings (SSSR count). The number of rotatable bonds is 2. The summed E-state index contributed by atoms with van der Waals surface area (Å²) in [6, 6.07) is 9.61. The lowest BCUT2D eigenvalue weighted by Gasteiger charge is -2.35. The third kappa shape index (κ3) is 2.82. The maximum atomic E-state index is 11.6. The topological polar surface area (TPSA) is 52.6 Å². The number of nitrogens with one attached hydrogen (secondary N) is 1. The Morgan fingerprint density at radius 3 is 2.83 bits per heavy atom. The average Bonchev–Trinajstić information content (AvgIpc) is 2.46. The highest BCUT2D eigenvalue weighted by atomic mass is 16.3.